The van der Waals surface area contributed by atoms with E-state index in [0.717, 1.165) is 0 Å². The van der Waals surface area contributed by atoms with Crippen LogP contribution in [0.2, 0.25) is 0 Å². The van der Waals surface area contributed by atoms with Crippen LogP contribution in [0.5, 0.6) is 5.75 Å². The second kappa shape index (κ2) is 5.13. The fourth-order valence-corrected chi connectivity index (χ4v) is 1.53. The van der Waals surface area contributed by atoms with Crippen molar-refractivity contribution in [1.82, 2.24) is 9.97 Å². The van der Waals surface area contributed by atoms with Gasteiger partial charge in [0, 0.05) is 18.7 Å². The van der Waals surface area contributed by atoms with Crippen molar-refractivity contribution in [2.45, 2.75) is 6.36 Å². The van der Waals surface area contributed by atoms with Crippen LogP contribution < -0.4 is 10.1 Å². The van der Waals surface area contributed by atoms with E-state index in [4.69, 9.17) is 0 Å². The van der Waals surface area contributed by atoms with Crippen molar-refractivity contribution in [3.05, 3.63) is 36.7 Å². The van der Waals surface area contributed by atoms with Gasteiger partial charge in [-0.05, 0) is 12.1 Å². The summed E-state index contributed by atoms with van der Waals surface area (Å²) in [7, 11) is 1.66. The number of anilines is 1. The highest BCUT2D eigenvalue weighted by Gasteiger charge is 2.32. The minimum atomic E-state index is -4.74. The smallest absolute Gasteiger partial charge is 0.405 e. The molecular formula is C12H10F3N3O. The van der Waals surface area contributed by atoms with Gasteiger partial charge in [0.2, 0.25) is 0 Å². The van der Waals surface area contributed by atoms with E-state index in [-0.39, 0.29) is 11.3 Å². The van der Waals surface area contributed by atoms with Crippen molar-refractivity contribution in [3.63, 3.8) is 0 Å². The molecule has 0 radical (unpaired) electrons. The third kappa shape index (κ3) is 3.34. The van der Waals surface area contributed by atoms with Gasteiger partial charge in [-0.1, -0.05) is 12.1 Å². The molecule has 1 heterocycles. The van der Waals surface area contributed by atoms with E-state index in [1.807, 2.05) is 0 Å². The van der Waals surface area contributed by atoms with Gasteiger partial charge in [-0.3, -0.25) is 0 Å². The minimum absolute atomic E-state index is 0.249. The van der Waals surface area contributed by atoms with Gasteiger partial charge in [0.25, 0.3) is 0 Å². The van der Waals surface area contributed by atoms with Crippen LogP contribution in [0.25, 0.3) is 11.3 Å². The minimum Gasteiger partial charge on any atom is -0.405 e. The predicted molar refractivity (Wildman–Crippen MR) is 63.7 cm³/mol. The first-order valence-corrected chi connectivity index (χ1v) is 5.34. The zero-order valence-corrected chi connectivity index (χ0v) is 9.90. The lowest BCUT2D eigenvalue weighted by Gasteiger charge is -2.12. The number of hydrogen-bond acceptors (Lipinski definition) is 4. The second-order valence-electron chi connectivity index (χ2n) is 3.58. The summed E-state index contributed by atoms with van der Waals surface area (Å²) in [6, 6.07) is 7.36. The van der Waals surface area contributed by atoms with Gasteiger partial charge in [-0.25, -0.2) is 9.97 Å². The summed E-state index contributed by atoms with van der Waals surface area (Å²) in [5.74, 6) is 0.211. The van der Waals surface area contributed by atoms with Gasteiger partial charge in [0.05, 0.1) is 5.69 Å². The lowest BCUT2D eigenvalue weighted by atomic mass is 10.1. The van der Waals surface area contributed by atoms with E-state index < -0.39 is 6.36 Å². The second-order valence-corrected chi connectivity index (χ2v) is 3.58. The van der Waals surface area contributed by atoms with Crippen LogP contribution in [0.1, 0.15) is 0 Å². The van der Waals surface area contributed by atoms with Crippen LogP contribution in [-0.4, -0.2) is 23.4 Å². The van der Waals surface area contributed by atoms with Crippen molar-refractivity contribution in [2.75, 3.05) is 12.4 Å². The Morgan fingerprint density at radius 1 is 1.16 bits per heavy atom. The maximum absolute atomic E-state index is 12.3. The van der Waals surface area contributed by atoms with Gasteiger partial charge in [0.15, 0.2) is 0 Å². The topological polar surface area (TPSA) is 47.0 Å². The highest BCUT2D eigenvalue weighted by Crippen LogP contribution is 2.32. The first-order valence-electron chi connectivity index (χ1n) is 5.34. The fraction of sp³-hybridized carbons (Fsp3) is 0.167. The molecular weight excluding hydrogens is 259 g/mol. The standard InChI is InChI=1S/C12H10F3N3O/c1-16-11-6-9(17-7-18-11)8-4-2-3-5-10(8)19-12(13,14)15/h2-7H,1H3,(H,16,17,18). The monoisotopic (exact) mass is 269 g/mol. The summed E-state index contributed by atoms with van der Waals surface area (Å²) in [5.41, 5.74) is 0.595. The van der Waals surface area contributed by atoms with Crippen molar-refractivity contribution < 1.29 is 17.9 Å². The van der Waals surface area contributed by atoms with Crippen molar-refractivity contribution in [1.29, 1.82) is 0 Å². The molecule has 0 bridgehead atoms. The average Bonchev–Trinajstić information content (AvgIpc) is 2.37. The Kier molecular flexibility index (Phi) is 3.55. The van der Waals surface area contributed by atoms with Gasteiger partial charge < -0.3 is 10.1 Å². The maximum atomic E-state index is 12.3. The van der Waals surface area contributed by atoms with Crippen molar-refractivity contribution >= 4 is 5.82 Å². The van der Waals surface area contributed by atoms with E-state index in [0.29, 0.717) is 11.5 Å². The zero-order chi connectivity index (χ0) is 13.9. The zero-order valence-electron chi connectivity index (χ0n) is 9.90. The Morgan fingerprint density at radius 3 is 2.58 bits per heavy atom. The van der Waals surface area contributed by atoms with Gasteiger partial charge in [0.1, 0.15) is 17.9 Å². The molecule has 1 N–H and O–H groups in total. The van der Waals surface area contributed by atoms with Crippen LogP contribution >= 0.6 is 0 Å². The van der Waals surface area contributed by atoms with E-state index >= 15 is 0 Å². The molecule has 0 amide bonds. The van der Waals surface area contributed by atoms with Crippen LogP contribution in [-0.2, 0) is 0 Å². The first-order chi connectivity index (χ1) is 8.99. The number of alkyl halides is 3. The molecule has 0 spiro atoms. The molecule has 19 heavy (non-hydrogen) atoms. The number of para-hydroxylation sites is 1. The molecule has 4 nitrogen and oxygen atoms in total. The molecule has 0 fully saturated rings. The van der Waals surface area contributed by atoms with Crippen molar-refractivity contribution in [2.24, 2.45) is 0 Å². The number of halogens is 3. The van der Waals surface area contributed by atoms with Crippen LogP contribution in [0.3, 0.4) is 0 Å². The molecule has 2 rings (SSSR count). The number of ether oxygens (including phenoxy) is 1. The molecule has 0 saturated heterocycles. The SMILES string of the molecule is CNc1cc(-c2ccccc2OC(F)(F)F)ncn1. The molecule has 0 saturated carbocycles. The van der Waals surface area contributed by atoms with Gasteiger partial charge in [-0.2, -0.15) is 0 Å². The van der Waals surface area contributed by atoms with Crippen LogP contribution in [0.15, 0.2) is 36.7 Å². The number of nitrogens with zero attached hydrogens (tertiary/aromatic N) is 2. The molecule has 2 aromatic rings. The van der Waals surface area contributed by atoms with Crippen molar-refractivity contribution in [3.8, 4) is 17.0 Å². The largest absolute Gasteiger partial charge is 0.573 e. The number of benzene rings is 1. The Morgan fingerprint density at radius 2 is 1.89 bits per heavy atom. The number of nitrogens with one attached hydrogen (secondary N) is 1. The Balaban J connectivity index is 2.44. The molecule has 1 aromatic carbocycles. The molecule has 0 atom stereocenters. The summed E-state index contributed by atoms with van der Waals surface area (Å²) in [4.78, 5) is 7.85. The van der Waals surface area contributed by atoms with Crippen LogP contribution in [0, 0.1) is 0 Å². The number of hydrogen-bond donors (Lipinski definition) is 1. The Labute approximate surface area is 107 Å². The quantitative estimate of drug-likeness (QED) is 0.930. The molecule has 7 heteroatoms. The molecule has 0 unspecified atom stereocenters. The highest BCUT2D eigenvalue weighted by atomic mass is 19.4. The molecule has 0 aliphatic carbocycles. The third-order valence-electron chi connectivity index (χ3n) is 2.31. The molecule has 100 valence electrons. The van der Waals surface area contributed by atoms with E-state index in [2.05, 4.69) is 20.0 Å². The maximum Gasteiger partial charge on any atom is 0.573 e. The lowest BCUT2D eigenvalue weighted by molar-refractivity contribution is -0.274. The Hall–Kier alpha value is -2.31. The summed E-state index contributed by atoms with van der Waals surface area (Å²) < 4.78 is 40.9. The molecule has 0 aliphatic heterocycles. The van der Waals surface area contributed by atoms with Gasteiger partial charge >= 0.3 is 6.36 Å². The molecule has 1 aromatic heterocycles. The highest BCUT2D eigenvalue weighted by molar-refractivity contribution is 5.68. The average molecular weight is 269 g/mol. The fourth-order valence-electron chi connectivity index (χ4n) is 1.53. The summed E-state index contributed by atoms with van der Waals surface area (Å²) in [5, 5.41) is 2.79. The molecule has 0 aliphatic rings. The first kappa shape index (κ1) is 13.1. The van der Waals surface area contributed by atoms with E-state index in [1.54, 1.807) is 19.2 Å². The Bertz CT molecular complexity index is 572. The third-order valence-corrected chi connectivity index (χ3v) is 2.31. The van der Waals surface area contributed by atoms with Crippen LogP contribution in [0.4, 0.5) is 19.0 Å². The summed E-state index contributed by atoms with van der Waals surface area (Å²) >= 11 is 0. The van der Waals surface area contributed by atoms with E-state index in [1.165, 1.54) is 24.5 Å². The normalized spacial score (nSPS) is 11.2. The number of aromatic nitrogens is 2. The summed E-state index contributed by atoms with van der Waals surface area (Å²) in [6.07, 6.45) is -3.47. The van der Waals surface area contributed by atoms with Gasteiger partial charge in [-0.15, -0.1) is 13.2 Å². The predicted octanol–water partition coefficient (Wildman–Crippen LogP) is 3.08. The lowest BCUT2D eigenvalue weighted by Crippen LogP contribution is -2.17. The summed E-state index contributed by atoms with van der Waals surface area (Å²) in [6.45, 7) is 0. The van der Waals surface area contributed by atoms with E-state index in [9.17, 15) is 13.2 Å². The number of rotatable bonds is 3.